The third kappa shape index (κ3) is 2.72. The van der Waals surface area contributed by atoms with Gasteiger partial charge >= 0.3 is 0 Å². The van der Waals surface area contributed by atoms with Gasteiger partial charge in [-0.15, -0.1) is 0 Å². The van der Waals surface area contributed by atoms with Crippen LogP contribution in [0.4, 0.5) is 5.69 Å². The Bertz CT molecular complexity index is 434. The van der Waals surface area contributed by atoms with Crippen LogP contribution < -0.4 is 5.73 Å². The molecule has 0 radical (unpaired) electrons. The van der Waals surface area contributed by atoms with Crippen LogP contribution in [-0.4, -0.2) is 39.4 Å². The van der Waals surface area contributed by atoms with E-state index in [0.29, 0.717) is 11.3 Å². The first-order valence-corrected chi connectivity index (χ1v) is 6.61. The molecule has 5 heteroatoms. The Morgan fingerprint density at radius 3 is 3.00 bits per heavy atom. The molecule has 0 bridgehead atoms. The lowest BCUT2D eigenvalue weighted by molar-refractivity contribution is 0.0748. The van der Waals surface area contributed by atoms with E-state index in [-0.39, 0.29) is 10.7 Å². The molecule has 0 saturated carbocycles. The number of hydrogen-bond acceptors (Lipinski definition) is 4. The van der Waals surface area contributed by atoms with Gasteiger partial charge in [0.1, 0.15) is 0 Å². The molecule has 2 rings (SSSR count). The second-order valence-corrected chi connectivity index (χ2v) is 6.60. The number of nitrogens with two attached hydrogens (primary N) is 1. The Labute approximate surface area is 106 Å². The van der Waals surface area contributed by atoms with Gasteiger partial charge in [-0.05, 0) is 19.9 Å². The summed E-state index contributed by atoms with van der Waals surface area (Å²) in [6.45, 7) is 5.85. The molecule has 1 fully saturated rings. The monoisotopic (exact) mass is 251 g/mol. The van der Waals surface area contributed by atoms with E-state index in [1.165, 1.54) is 0 Å². The lowest BCUT2D eigenvalue weighted by Crippen LogP contribution is -2.46. The first kappa shape index (κ1) is 12.2. The van der Waals surface area contributed by atoms with E-state index < -0.39 is 0 Å². The SMILES string of the molecule is CC1(C)CN(C(=O)c2cnccc2N)CCS1. The molecule has 0 aliphatic carbocycles. The fourth-order valence-electron chi connectivity index (χ4n) is 1.94. The second kappa shape index (κ2) is 4.56. The van der Waals surface area contributed by atoms with Gasteiger partial charge in [0.2, 0.25) is 0 Å². The maximum Gasteiger partial charge on any atom is 0.257 e. The first-order chi connectivity index (χ1) is 7.99. The smallest absolute Gasteiger partial charge is 0.257 e. The molecule has 1 saturated heterocycles. The highest BCUT2D eigenvalue weighted by Crippen LogP contribution is 2.30. The van der Waals surface area contributed by atoms with Crippen molar-refractivity contribution in [3.63, 3.8) is 0 Å². The molecule has 0 unspecified atom stereocenters. The number of amides is 1. The topological polar surface area (TPSA) is 59.2 Å². The van der Waals surface area contributed by atoms with Crippen LogP contribution in [-0.2, 0) is 0 Å². The van der Waals surface area contributed by atoms with Gasteiger partial charge in [-0.2, -0.15) is 11.8 Å². The molecule has 1 aromatic rings. The minimum Gasteiger partial charge on any atom is -0.398 e. The number of anilines is 1. The Hall–Kier alpha value is -1.23. The van der Waals surface area contributed by atoms with Gasteiger partial charge in [0, 0.05) is 41.7 Å². The number of nitrogen functional groups attached to an aromatic ring is 1. The van der Waals surface area contributed by atoms with Crippen molar-refractivity contribution in [2.24, 2.45) is 0 Å². The van der Waals surface area contributed by atoms with Gasteiger partial charge in [0.05, 0.1) is 5.56 Å². The van der Waals surface area contributed by atoms with Crippen molar-refractivity contribution < 1.29 is 4.79 Å². The largest absolute Gasteiger partial charge is 0.398 e. The second-order valence-electron chi connectivity index (χ2n) is 4.80. The normalized spacial score (nSPS) is 19.1. The average molecular weight is 251 g/mol. The number of hydrogen-bond donors (Lipinski definition) is 1. The summed E-state index contributed by atoms with van der Waals surface area (Å²) in [5, 5.41) is 0. The van der Waals surface area contributed by atoms with Crippen molar-refractivity contribution in [3.05, 3.63) is 24.0 Å². The zero-order valence-corrected chi connectivity index (χ0v) is 11.0. The Balaban J connectivity index is 2.18. The third-order valence-corrected chi connectivity index (χ3v) is 4.10. The van der Waals surface area contributed by atoms with Gasteiger partial charge in [-0.1, -0.05) is 0 Å². The number of carbonyl (C=O) groups is 1. The summed E-state index contributed by atoms with van der Waals surface area (Å²) in [6, 6.07) is 1.66. The molecule has 2 N–H and O–H groups in total. The summed E-state index contributed by atoms with van der Waals surface area (Å²) in [5.41, 5.74) is 6.81. The van der Waals surface area contributed by atoms with E-state index in [9.17, 15) is 4.79 Å². The minimum absolute atomic E-state index is 0.0102. The summed E-state index contributed by atoms with van der Waals surface area (Å²) < 4.78 is 0.116. The van der Waals surface area contributed by atoms with Crippen LogP contribution in [0.3, 0.4) is 0 Å². The van der Waals surface area contributed by atoms with Crippen LogP contribution >= 0.6 is 11.8 Å². The van der Waals surface area contributed by atoms with Gasteiger partial charge < -0.3 is 10.6 Å². The molecule has 1 aliphatic heterocycles. The molecular formula is C12H17N3OS. The van der Waals surface area contributed by atoms with Crippen molar-refractivity contribution in [1.29, 1.82) is 0 Å². The molecule has 1 aromatic heterocycles. The highest BCUT2D eigenvalue weighted by Gasteiger charge is 2.30. The van der Waals surface area contributed by atoms with Gasteiger partial charge in [-0.25, -0.2) is 0 Å². The summed E-state index contributed by atoms with van der Waals surface area (Å²) in [7, 11) is 0. The average Bonchev–Trinajstić information content (AvgIpc) is 2.27. The fraction of sp³-hybridized carbons (Fsp3) is 0.500. The van der Waals surface area contributed by atoms with E-state index in [1.807, 2.05) is 16.7 Å². The van der Waals surface area contributed by atoms with Crippen LogP contribution in [0.5, 0.6) is 0 Å². The molecule has 4 nitrogen and oxygen atoms in total. The van der Waals surface area contributed by atoms with Crippen LogP contribution in [0.2, 0.25) is 0 Å². The van der Waals surface area contributed by atoms with Crippen molar-refractivity contribution >= 4 is 23.4 Å². The van der Waals surface area contributed by atoms with Crippen LogP contribution in [0, 0.1) is 0 Å². The molecule has 2 heterocycles. The Morgan fingerprint density at radius 2 is 2.35 bits per heavy atom. The quantitative estimate of drug-likeness (QED) is 0.824. The molecule has 92 valence electrons. The van der Waals surface area contributed by atoms with Gasteiger partial charge in [-0.3, -0.25) is 9.78 Å². The molecule has 17 heavy (non-hydrogen) atoms. The number of rotatable bonds is 1. The summed E-state index contributed by atoms with van der Waals surface area (Å²) in [4.78, 5) is 18.1. The molecule has 0 aromatic carbocycles. The fourth-order valence-corrected chi connectivity index (χ4v) is 3.06. The zero-order chi connectivity index (χ0) is 12.5. The lowest BCUT2D eigenvalue weighted by Gasteiger charge is -2.37. The molecule has 1 amide bonds. The highest BCUT2D eigenvalue weighted by molar-refractivity contribution is 8.00. The third-order valence-electron chi connectivity index (χ3n) is 2.80. The number of carbonyl (C=O) groups excluding carboxylic acids is 1. The van der Waals surface area contributed by atoms with Crippen molar-refractivity contribution in [1.82, 2.24) is 9.88 Å². The molecule has 1 aliphatic rings. The Kier molecular flexibility index (Phi) is 3.28. The van der Waals surface area contributed by atoms with E-state index >= 15 is 0 Å². The summed E-state index contributed by atoms with van der Waals surface area (Å²) in [6.07, 6.45) is 3.15. The summed E-state index contributed by atoms with van der Waals surface area (Å²) in [5.74, 6) is 0.961. The standard InChI is InChI=1S/C12H17N3OS/c1-12(2)8-15(5-6-17-12)11(16)9-7-14-4-3-10(9)13/h3-4,7H,5-6,8H2,1-2H3,(H2,13,14). The number of pyridine rings is 1. The lowest BCUT2D eigenvalue weighted by atomic mass is 10.1. The molecule has 0 atom stereocenters. The van der Waals surface area contributed by atoms with Crippen LogP contribution in [0.1, 0.15) is 24.2 Å². The predicted molar refractivity (Wildman–Crippen MR) is 71.1 cm³/mol. The zero-order valence-electron chi connectivity index (χ0n) is 10.1. The van der Waals surface area contributed by atoms with Gasteiger partial charge in [0.15, 0.2) is 0 Å². The predicted octanol–water partition coefficient (Wildman–Crippen LogP) is 1.63. The number of aromatic nitrogens is 1. The van der Waals surface area contributed by atoms with E-state index in [2.05, 4.69) is 18.8 Å². The van der Waals surface area contributed by atoms with Crippen molar-refractivity contribution in [2.75, 3.05) is 24.6 Å². The minimum atomic E-state index is -0.0102. The van der Waals surface area contributed by atoms with Gasteiger partial charge in [0.25, 0.3) is 5.91 Å². The maximum atomic E-state index is 12.3. The maximum absolute atomic E-state index is 12.3. The van der Waals surface area contributed by atoms with Crippen molar-refractivity contribution in [3.8, 4) is 0 Å². The number of nitrogens with zero attached hydrogens (tertiary/aromatic N) is 2. The van der Waals surface area contributed by atoms with E-state index in [4.69, 9.17) is 5.73 Å². The van der Waals surface area contributed by atoms with Crippen molar-refractivity contribution in [2.45, 2.75) is 18.6 Å². The summed E-state index contributed by atoms with van der Waals surface area (Å²) >= 11 is 1.90. The molecular weight excluding hydrogens is 234 g/mol. The highest BCUT2D eigenvalue weighted by atomic mass is 32.2. The Morgan fingerprint density at radius 1 is 1.59 bits per heavy atom. The van der Waals surface area contributed by atoms with E-state index in [0.717, 1.165) is 18.8 Å². The first-order valence-electron chi connectivity index (χ1n) is 5.62. The van der Waals surface area contributed by atoms with E-state index in [1.54, 1.807) is 18.5 Å². The van der Waals surface area contributed by atoms with Crippen LogP contribution in [0.25, 0.3) is 0 Å². The molecule has 0 spiro atoms. The number of thioether (sulfide) groups is 1. The van der Waals surface area contributed by atoms with Crippen LogP contribution in [0.15, 0.2) is 18.5 Å².